The molecule has 2 rings (SSSR count). The molecule has 100 valence electrons. The zero-order chi connectivity index (χ0) is 13.7. The quantitative estimate of drug-likeness (QED) is 0.850. The van der Waals surface area contributed by atoms with Crippen molar-refractivity contribution < 1.29 is 13.3 Å². The second-order valence-electron chi connectivity index (χ2n) is 4.13. The summed E-state index contributed by atoms with van der Waals surface area (Å²) in [4.78, 5) is 5.09. The van der Waals surface area contributed by atoms with Gasteiger partial charge in [-0.1, -0.05) is 48.5 Å². The molecule has 2 N–H and O–H groups in total. The zero-order valence-corrected chi connectivity index (χ0v) is 11.1. The first-order valence-corrected chi connectivity index (χ1v) is 7.47. The van der Waals surface area contributed by atoms with E-state index in [0.717, 1.165) is 5.56 Å². The highest BCUT2D eigenvalue weighted by molar-refractivity contribution is 7.91. The van der Waals surface area contributed by atoms with Gasteiger partial charge in [-0.15, -0.1) is 0 Å². The maximum absolute atomic E-state index is 12.2. The topological polar surface area (TPSA) is 69.4 Å². The van der Waals surface area contributed by atoms with E-state index in [1.54, 1.807) is 42.5 Å². The molecule has 0 saturated carbocycles. The van der Waals surface area contributed by atoms with Crippen molar-refractivity contribution in [3.05, 3.63) is 66.2 Å². The van der Waals surface area contributed by atoms with Gasteiger partial charge in [0.1, 0.15) is 6.10 Å². The minimum Gasteiger partial charge on any atom is -0.295 e. The first-order chi connectivity index (χ1) is 9.13. The van der Waals surface area contributed by atoms with Crippen LogP contribution in [-0.2, 0) is 14.7 Å². The summed E-state index contributed by atoms with van der Waals surface area (Å²) in [5, 5.41) is 0. The Hall–Kier alpha value is -1.69. The van der Waals surface area contributed by atoms with Gasteiger partial charge in [0.15, 0.2) is 9.84 Å². The zero-order valence-electron chi connectivity index (χ0n) is 10.3. The Bertz CT molecular complexity index is 612. The van der Waals surface area contributed by atoms with Gasteiger partial charge >= 0.3 is 0 Å². The first kappa shape index (κ1) is 13.7. The predicted molar refractivity (Wildman–Crippen MR) is 73.0 cm³/mol. The molecule has 2 aromatic carbocycles. The van der Waals surface area contributed by atoms with Crippen LogP contribution in [-0.4, -0.2) is 14.2 Å². The Morgan fingerprint density at radius 1 is 0.947 bits per heavy atom. The Morgan fingerprint density at radius 2 is 1.47 bits per heavy atom. The van der Waals surface area contributed by atoms with Crippen LogP contribution in [0.25, 0.3) is 0 Å². The number of nitrogens with two attached hydrogens (primary N) is 1. The van der Waals surface area contributed by atoms with Gasteiger partial charge in [-0.25, -0.2) is 14.3 Å². The van der Waals surface area contributed by atoms with Gasteiger partial charge in [0, 0.05) is 0 Å². The lowest BCUT2D eigenvalue weighted by Crippen LogP contribution is -2.20. The third-order valence-corrected chi connectivity index (χ3v) is 4.54. The number of hydrogen-bond donors (Lipinski definition) is 1. The molecular formula is C14H15NO3S. The summed E-state index contributed by atoms with van der Waals surface area (Å²) in [7, 11) is -3.42. The Morgan fingerprint density at radius 3 is 2.00 bits per heavy atom. The first-order valence-electron chi connectivity index (χ1n) is 5.82. The summed E-state index contributed by atoms with van der Waals surface area (Å²) in [5.74, 6) is 5.04. The van der Waals surface area contributed by atoms with Gasteiger partial charge < -0.3 is 0 Å². The SMILES string of the molecule is NOC(CS(=O)(=O)c1ccccc1)c1ccccc1. The van der Waals surface area contributed by atoms with E-state index in [-0.39, 0.29) is 10.6 Å². The molecule has 2 aromatic rings. The van der Waals surface area contributed by atoms with Crippen LogP contribution in [0.1, 0.15) is 11.7 Å². The van der Waals surface area contributed by atoms with Crippen molar-refractivity contribution in [2.75, 3.05) is 5.75 Å². The van der Waals surface area contributed by atoms with Crippen LogP contribution in [0.2, 0.25) is 0 Å². The van der Waals surface area contributed by atoms with Crippen molar-refractivity contribution >= 4 is 9.84 Å². The minimum absolute atomic E-state index is 0.183. The fraction of sp³-hybridized carbons (Fsp3) is 0.143. The van der Waals surface area contributed by atoms with Crippen LogP contribution >= 0.6 is 0 Å². The number of sulfone groups is 1. The molecule has 1 atom stereocenters. The van der Waals surface area contributed by atoms with Crippen molar-refractivity contribution in [3.63, 3.8) is 0 Å². The molecule has 0 aliphatic carbocycles. The van der Waals surface area contributed by atoms with Gasteiger partial charge in [-0.3, -0.25) is 4.84 Å². The van der Waals surface area contributed by atoms with Gasteiger partial charge in [-0.2, -0.15) is 0 Å². The average Bonchev–Trinajstić information content (AvgIpc) is 2.47. The van der Waals surface area contributed by atoms with Crippen molar-refractivity contribution in [2.45, 2.75) is 11.0 Å². The molecule has 0 aliphatic heterocycles. The molecule has 0 aliphatic rings. The average molecular weight is 277 g/mol. The molecule has 0 heterocycles. The monoisotopic (exact) mass is 277 g/mol. The van der Waals surface area contributed by atoms with Gasteiger partial charge in [0.25, 0.3) is 0 Å². The van der Waals surface area contributed by atoms with Crippen LogP contribution in [0, 0.1) is 0 Å². The second kappa shape index (κ2) is 5.97. The van der Waals surface area contributed by atoms with Crippen molar-refractivity contribution in [2.24, 2.45) is 5.90 Å². The fourth-order valence-corrected chi connectivity index (χ4v) is 3.24. The Balaban J connectivity index is 2.24. The molecule has 0 radical (unpaired) electrons. The Labute approximate surface area is 112 Å². The van der Waals surface area contributed by atoms with E-state index in [0.29, 0.717) is 0 Å². The van der Waals surface area contributed by atoms with E-state index in [2.05, 4.69) is 0 Å². The van der Waals surface area contributed by atoms with Gasteiger partial charge in [-0.05, 0) is 17.7 Å². The van der Waals surface area contributed by atoms with E-state index >= 15 is 0 Å². The minimum atomic E-state index is -3.42. The van der Waals surface area contributed by atoms with Crippen LogP contribution < -0.4 is 5.90 Å². The van der Waals surface area contributed by atoms with Crippen LogP contribution in [0.15, 0.2) is 65.6 Å². The molecule has 0 fully saturated rings. The van der Waals surface area contributed by atoms with Crippen molar-refractivity contribution in [1.29, 1.82) is 0 Å². The summed E-state index contributed by atoms with van der Waals surface area (Å²) < 4.78 is 24.5. The van der Waals surface area contributed by atoms with Crippen molar-refractivity contribution in [1.82, 2.24) is 0 Å². The molecule has 4 nitrogen and oxygen atoms in total. The normalized spacial score (nSPS) is 13.1. The third-order valence-electron chi connectivity index (χ3n) is 2.81. The van der Waals surface area contributed by atoms with E-state index < -0.39 is 15.9 Å². The highest BCUT2D eigenvalue weighted by atomic mass is 32.2. The highest BCUT2D eigenvalue weighted by Crippen LogP contribution is 2.21. The van der Waals surface area contributed by atoms with Crippen LogP contribution in [0.4, 0.5) is 0 Å². The number of hydrogen-bond acceptors (Lipinski definition) is 4. The maximum Gasteiger partial charge on any atom is 0.181 e. The summed E-state index contributed by atoms with van der Waals surface area (Å²) in [6.45, 7) is 0. The lowest BCUT2D eigenvalue weighted by Gasteiger charge is -2.15. The molecule has 19 heavy (non-hydrogen) atoms. The molecule has 5 heteroatoms. The molecule has 0 saturated heterocycles. The molecule has 1 unspecified atom stereocenters. The fourth-order valence-electron chi connectivity index (χ4n) is 1.81. The number of rotatable bonds is 5. The highest BCUT2D eigenvalue weighted by Gasteiger charge is 2.22. The Kier molecular flexibility index (Phi) is 4.31. The lowest BCUT2D eigenvalue weighted by atomic mass is 10.1. The van der Waals surface area contributed by atoms with Crippen LogP contribution in [0.5, 0.6) is 0 Å². The van der Waals surface area contributed by atoms with E-state index in [9.17, 15) is 8.42 Å². The standard InChI is InChI=1S/C14H15NO3S/c15-18-14(12-7-3-1-4-8-12)11-19(16,17)13-9-5-2-6-10-13/h1-10,14H,11,15H2. The summed E-state index contributed by atoms with van der Waals surface area (Å²) in [5.41, 5.74) is 0.740. The van der Waals surface area contributed by atoms with Gasteiger partial charge in [0.2, 0.25) is 0 Å². The van der Waals surface area contributed by atoms with Crippen LogP contribution in [0.3, 0.4) is 0 Å². The second-order valence-corrected chi connectivity index (χ2v) is 6.16. The van der Waals surface area contributed by atoms with E-state index in [1.165, 1.54) is 0 Å². The summed E-state index contributed by atoms with van der Waals surface area (Å²) >= 11 is 0. The van der Waals surface area contributed by atoms with Crippen molar-refractivity contribution in [3.8, 4) is 0 Å². The van der Waals surface area contributed by atoms with E-state index in [1.807, 2.05) is 18.2 Å². The van der Waals surface area contributed by atoms with E-state index in [4.69, 9.17) is 10.7 Å². The lowest BCUT2D eigenvalue weighted by molar-refractivity contribution is 0.0685. The maximum atomic E-state index is 12.2. The smallest absolute Gasteiger partial charge is 0.181 e. The summed E-state index contributed by atoms with van der Waals surface area (Å²) in [6, 6.07) is 17.3. The summed E-state index contributed by atoms with van der Waals surface area (Å²) in [6.07, 6.45) is -0.675. The van der Waals surface area contributed by atoms with Gasteiger partial charge in [0.05, 0.1) is 10.6 Å². The molecule has 0 bridgehead atoms. The molecule has 0 amide bonds. The molecular weight excluding hydrogens is 262 g/mol. The number of benzene rings is 2. The predicted octanol–water partition coefficient (Wildman–Crippen LogP) is 2.09. The third kappa shape index (κ3) is 3.41. The molecule has 0 spiro atoms. The molecule has 0 aromatic heterocycles. The largest absolute Gasteiger partial charge is 0.295 e.